The molecule has 1 aromatic carbocycles. The fourth-order valence-electron chi connectivity index (χ4n) is 3.07. The number of carbonyl (C=O) groups is 1. The number of carbonyl (C=O) groups excluding carboxylic acids is 1. The minimum absolute atomic E-state index is 0.00774. The molecule has 0 saturated heterocycles. The number of sulfonamides is 1. The number of furan rings is 1. The largest absolute Gasteiger partial charge is 0.459 e. The van der Waals surface area contributed by atoms with E-state index in [0.29, 0.717) is 12.1 Å². The third-order valence-electron chi connectivity index (χ3n) is 4.59. The lowest BCUT2D eigenvalue weighted by molar-refractivity contribution is 0.0681. The van der Waals surface area contributed by atoms with Crippen molar-refractivity contribution in [1.29, 1.82) is 0 Å². The van der Waals surface area contributed by atoms with Crippen molar-refractivity contribution in [2.75, 3.05) is 10.5 Å². The molecule has 1 aliphatic heterocycles. The van der Waals surface area contributed by atoms with Crippen molar-refractivity contribution in [3.05, 3.63) is 76.4 Å². The Morgan fingerprint density at radius 1 is 1.24 bits per heavy atom. The molecule has 0 bridgehead atoms. The van der Waals surface area contributed by atoms with E-state index in [-0.39, 0.29) is 23.5 Å². The highest BCUT2D eigenvalue weighted by Crippen LogP contribution is 2.36. The molecule has 1 amide bonds. The first-order valence-electron chi connectivity index (χ1n) is 9.05. The third-order valence-corrected chi connectivity index (χ3v) is 6.87. The van der Waals surface area contributed by atoms with Crippen LogP contribution in [0.5, 0.6) is 0 Å². The SMILES string of the molecule is CCS(=O)(=O)Nc1ccc(C2=NN(C(=O)c3ccco3)[C@H](c3cccs3)C2)cc1. The van der Waals surface area contributed by atoms with Gasteiger partial charge in [-0.05, 0) is 48.2 Å². The van der Waals surface area contributed by atoms with Gasteiger partial charge in [0.2, 0.25) is 10.0 Å². The van der Waals surface area contributed by atoms with Crippen molar-refractivity contribution in [3.8, 4) is 0 Å². The maximum absolute atomic E-state index is 12.9. The number of thiophene rings is 1. The average Bonchev–Trinajstić information content (AvgIpc) is 3.49. The highest BCUT2D eigenvalue weighted by Gasteiger charge is 2.35. The minimum Gasteiger partial charge on any atom is -0.459 e. The average molecular weight is 430 g/mol. The number of hydrazone groups is 1. The summed E-state index contributed by atoms with van der Waals surface area (Å²) in [6.45, 7) is 1.58. The van der Waals surface area contributed by atoms with Crippen LogP contribution < -0.4 is 4.72 Å². The maximum Gasteiger partial charge on any atom is 0.310 e. The van der Waals surface area contributed by atoms with E-state index in [1.807, 2.05) is 17.5 Å². The van der Waals surface area contributed by atoms with Crippen molar-refractivity contribution in [3.63, 3.8) is 0 Å². The van der Waals surface area contributed by atoms with Crippen LogP contribution in [-0.2, 0) is 10.0 Å². The zero-order chi connectivity index (χ0) is 20.4. The molecule has 0 radical (unpaired) electrons. The Morgan fingerprint density at radius 3 is 2.66 bits per heavy atom. The van der Waals surface area contributed by atoms with Gasteiger partial charge in [-0.25, -0.2) is 13.4 Å². The molecule has 0 unspecified atom stereocenters. The number of hydrogen-bond donors (Lipinski definition) is 1. The lowest BCUT2D eigenvalue weighted by Gasteiger charge is -2.19. The van der Waals surface area contributed by atoms with Gasteiger partial charge in [0, 0.05) is 17.0 Å². The van der Waals surface area contributed by atoms with Crippen molar-refractivity contribution in [1.82, 2.24) is 5.01 Å². The Labute approximate surface area is 172 Å². The lowest BCUT2D eigenvalue weighted by Crippen LogP contribution is -2.26. The second-order valence-corrected chi connectivity index (χ2v) is 9.48. The van der Waals surface area contributed by atoms with Crippen molar-refractivity contribution < 1.29 is 17.6 Å². The van der Waals surface area contributed by atoms with E-state index in [2.05, 4.69) is 9.82 Å². The maximum atomic E-state index is 12.9. The van der Waals surface area contributed by atoms with Gasteiger partial charge in [0.1, 0.15) is 0 Å². The second kappa shape index (κ2) is 7.84. The van der Waals surface area contributed by atoms with Gasteiger partial charge < -0.3 is 4.42 Å². The van der Waals surface area contributed by atoms with Gasteiger partial charge in [0.25, 0.3) is 0 Å². The fraction of sp³-hybridized carbons (Fsp3) is 0.200. The summed E-state index contributed by atoms with van der Waals surface area (Å²) in [5.74, 6) is -0.0510. The van der Waals surface area contributed by atoms with Crippen LogP contribution in [0.1, 0.15) is 40.4 Å². The first-order chi connectivity index (χ1) is 14.0. The van der Waals surface area contributed by atoms with Crippen LogP contribution in [0.25, 0.3) is 0 Å². The van der Waals surface area contributed by atoms with Gasteiger partial charge in [0.05, 0.1) is 23.8 Å². The van der Waals surface area contributed by atoms with Crippen LogP contribution in [0.3, 0.4) is 0 Å². The van der Waals surface area contributed by atoms with Crippen molar-refractivity contribution in [2.24, 2.45) is 5.10 Å². The molecule has 3 heterocycles. The van der Waals surface area contributed by atoms with Crippen LogP contribution in [0.4, 0.5) is 5.69 Å². The molecule has 3 aromatic rings. The second-order valence-electron chi connectivity index (χ2n) is 6.49. The molecule has 1 atom stereocenters. The van der Waals surface area contributed by atoms with E-state index in [1.165, 1.54) is 11.3 Å². The number of amides is 1. The van der Waals surface area contributed by atoms with Gasteiger partial charge in [-0.3, -0.25) is 9.52 Å². The number of nitrogens with zero attached hydrogens (tertiary/aromatic N) is 2. The third kappa shape index (κ3) is 4.10. The molecule has 1 N–H and O–H groups in total. The smallest absolute Gasteiger partial charge is 0.310 e. The quantitative estimate of drug-likeness (QED) is 0.639. The summed E-state index contributed by atoms with van der Waals surface area (Å²) in [5.41, 5.74) is 2.08. The van der Waals surface area contributed by atoms with Crippen LogP contribution in [0, 0.1) is 0 Å². The topological polar surface area (TPSA) is 92.0 Å². The highest BCUT2D eigenvalue weighted by molar-refractivity contribution is 7.92. The van der Waals surface area contributed by atoms with E-state index in [9.17, 15) is 13.2 Å². The molecule has 7 nitrogen and oxygen atoms in total. The first kappa shape index (κ1) is 19.4. The predicted molar refractivity (Wildman–Crippen MR) is 113 cm³/mol. The zero-order valence-corrected chi connectivity index (χ0v) is 17.2. The number of benzene rings is 1. The standard InChI is InChI=1S/C20H19N3O4S2/c1-2-29(25,26)22-15-9-7-14(8-10-15)16-13-17(19-6-4-12-28-19)23(21-16)20(24)18-5-3-11-27-18/h3-12,17,22H,2,13H2,1H3/t17-/m0/s1. The van der Waals surface area contributed by atoms with Crippen molar-refractivity contribution >= 4 is 38.7 Å². The molecule has 0 fully saturated rings. The molecule has 29 heavy (non-hydrogen) atoms. The summed E-state index contributed by atoms with van der Waals surface area (Å²) in [5, 5.41) is 8.02. The molecule has 2 aromatic heterocycles. The molecule has 150 valence electrons. The van der Waals surface area contributed by atoms with Gasteiger partial charge in [-0.2, -0.15) is 5.10 Å². The summed E-state index contributed by atoms with van der Waals surface area (Å²) in [4.78, 5) is 13.9. The minimum atomic E-state index is -3.33. The van der Waals surface area contributed by atoms with E-state index >= 15 is 0 Å². The Hall–Kier alpha value is -2.91. The lowest BCUT2D eigenvalue weighted by atomic mass is 10.0. The summed E-state index contributed by atoms with van der Waals surface area (Å²) in [7, 11) is -3.33. The number of nitrogens with one attached hydrogen (secondary N) is 1. The molecule has 0 saturated carbocycles. The van der Waals surface area contributed by atoms with E-state index in [0.717, 1.165) is 16.2 Å². The molecule has 9 heteroatoms. The van der Waals surface area contributed by atoms with Crippen LogP contribution >= 0.6 is 11.3 Å². The first-order valence-corrected chi connectivity index (χ1v) is 11.6. The Morgan fingerprint density at radius 2 is 2.03 bits per heavy atom. The summed E-state index contributed by atoms with van der Waals surface area (Å²) in [6, 6.07) is 14.0. The Bertz CT molecular complexity index is 1120. The Kier molecular flexibility index (Phi) is 5.25. The zero-order valence-electron chi connectivity index (χ0n) is 15.6. The fourth-order valence-corrected chi connectivity index (χ4v) is 4.52. The van der Waals surface area contributed by atoms with Gasteiger partial charge in [-0.15, -0.1) is 11.3 Å². The molecule has 4 rings (SSSR count). The molecule has 0 spiro atoms. The van der Waals surface area contributed by atoms with Gasteiger partial charge in [-0.1, -0.05) is 18.2 Å². The number of rotatable bonds is 6. The number of anilines is 1. The summed E-state index contributed by atoms with van der Waals surface area (Å²) in [6.07, 6.45) is 2.02. The summed E-state index contributed by atoms with van der Waals surface area (Å²) >= 11 is 1.57. The van der Waals surface area contributed by atoms with Crippen LogP contribution in [0.15, 0.2) is 69.7 Å². The number of hydrogen-bond acceptors (Lipinski definition) is 6. The molecular formula is C20H19N3O4S2. The van der Waals surface area contributed by atoms with Crippen LogP contribution in [0.2, 0.25) is 0 Å². The van der Waals surface area contributed by atoms with E-state index in [4.69, 9.17) is 4.42 Å². The van der Waals surface area contributed by atoms with Crippen molar-refractivity contribution in [2.45, 2.75) is 19.4 Å². The normalized spacial score (nSPS) is 16.7. The van der Waals surface area contributed by atoms with Gasteiger partial charge in [0.15, 0.2) is 5.76 Å². The molecular weight excluding hydrogens is 410 g/mol. The predicted octanol–water partition coefficient (Wildman–Crippen LogP) is 4.09. The highest BCUT2D eigenvalue weighted by atomic mass is 32.2. The van der Waals surface area contributed by atoms with E-state index < -0.39 is 10.0 Å². The molecule has 0 aliphatic carbocycles. The Balaban J connectivity index is 1.62. The molecule has 1 aliphatic rings. The van der Waals surface area contributed by atoms with Crippen LogP contribution in [-0.4, -0.2) is 30.8 Å². The summed E-state index contributed by atoms with van der Waals surface area (Å²) < 4.78 is 31.2. The van der Waals surface area contributed by atoms with Gasteiger partial charge >= 0.3 is 5.91 Å². The van der Waals surface area contributed by atoms with E-state index in [1.54, 1.807) is 54.7 Å². The monoisotopic (exact) mass is 429 g/mol.